The van der Waals surface area contributed by atoms with E-state index >= 15 is 0 Å². The predicted octanol–water partition coefficient (Wildman–Crippen LogP) is 2.40. The van der Waals surface area contributed by atoms with Gasteiger partial charge in [0.2, 0.25) is 0 Å². The standard InChI is InChI=1S/C18H25N3O4/c1-21(2)15(16-6-5-9-25-16)12-20-18(22)19-11-13-7-8-14(23-3)10-17(13)24-4/h5-10,15H,11-12H2,1-4H3,(H2,19,20,22). The average Bonchev–Trinajstić information content (AvgIpc) is 3.13. The first kappa shape index (κ1) is 18.7. The van der Waals surface area contributed by atoms with Crippen LogP contribution in [0.25, 0.3) is 0 Å². The Bertz CT molecular complexity index is 671. The molecule has 0 spiro atoms. The second-order valence-electron chi connectivity index (χ2n) is 5.74. The molecule has 1 unspecified atom stereocenters. The van der Waals surface area contributed by atoms with Crippen molar-refractivity contribution in [2.45, 2.75) is 12.6 Å². The van der Waals surface area contributed by atoms with Gasteiger partial charge < -0.3 is 24.5 Å². The van der Waals surface area contributed by atoms with Crippen LogP contribution in [0.5, 0.6) is 11.5 Å². The lowest BCUT2D eigenvalue weighted by Crippen LogP contribution is -2.40. The molecule has 1 atom stereocenters. The maximum absolute atomic E-state index is 12.1. The van der Waals surface area contributed by atoms with E-state index in [4.69, 9.17) is 13.9 Å². The van der Waals surface area contributed by atoms with Gasteiger partial charge in [0.05, 0.1) is 26.5 Å². The highest BCUT2D eigenvalue weighted by atomic mass is 16.5. The van der Waals surface area contributed by atoms with Crippen LogP contribution in [-0.2, 0) is 6.54 Å². The number of rotatable bonds is 8. The molecule has 2 rings (SSSR count). The van der Waals surface area contributed by atoms with Crippen molar-refractivity contribution in [3.63, 3.8) is 0 Å². The summed E-state index contributed by atoms with van der Waals surface area (Å²) in [4.78, 5) is 14.1. The summed E-state index contributed by atoms with van der Waals surface area (Å²) in [5.41, 5.74) is 0.869. The van der Waals surface area contributed by atoms with Crippen LogP contribution in [0.2, 0.25) is 0 Å². The van der Waals surface area contributed by atoms with E-state index in [-0.39, 0.29) is 12.1 Å². The first-order valence-electron chi connectivity index (χ1n) is 7.97. The lowest BCUT2D eigenvalue weighted by Gasteiger charge is -2.22. The van der Waals surface area contributed by atoms with E-state index in [9.17, 15) is 4.79 Å². The Hall–Kier alpha value is -2.67. The fraction of sp³-hybridized carbons (Fsp3) is 0.389. The molecule has 136 valence electrons. The number of hydrogen-bond acceptors (Lipinski definition) is 5. The number of nitrogens with one attached hydrogen (secondary N) is 2. The molecule has 1 aromatic carbocycles. The van der Waals surface area contributed by atoms with Crippen molar-refractivity contribution in [2.24, 2.45) is 0 Å². The Kier molecular flexibility index (Phi) is 6.71. The highest BCUT2D eigenvalue weighted by Crippen LogP contribution is 2.24. The van der Waals surface area contributed by atoms with Gasteiger partial charge in [-0.3, -0.25) is 4.90 Å². The molecule has 0 aliphatic heterocycles. The molecule has 0 saturated heterocycles. The minimum absolute atomic E-state index is 0.0312. The highest BCUT2D eigenvalue weighted by molar-refractivity contribution is 5.74. The lowest BCUT2D eigenvalue weighted by atomic mass is 10.2. The summed E-state index contributed by atoms with van der Waals surface area (Å²) >= 11 is 0. The molecule has 0 fully saturated rings. The van der Waals surface area contributed by atoms with Crippen LogP contribution in [0.15, 0.2) is 41.0 Å². The van der Waals surface area contributed by atoms with E-state index in [0.29, 0.717) is 24.6 Å². The van der Waals surface area contributed by atoms with E-state index in [0.717, 1.165) is 11.3 Å². The first-order valence-corrected chi connectivity index (χ1v) is 7.97. The Balaban J connectivity index is 1.88. The summed E-state index contributed by atoms with van der Waals surface area (Å²) in [5, 5.41) is 5.70. The molecule has 2 amide bonds. The molecule has 2 aromatic rings. The van der Waals surface area contributed by atoms with Crippen LogP contribution in [-0.4, -0.2) is 45.8 Å². The van der Waals surface area contributed by atoms with E-state index in [2.05, 4.69) is 10.6 Å². The molecule has 0 aliphatic carbocycles. The number of ether oxygens (including phenoxy) is 2. The molecule has 7 heteroatoms. The lowest BCUT2D eigenvalue weighted by molar-refractivity contribution is 0.225. The summed E-state index contributed by atoms with van der Waals surface area (Å²) in [5.74, 6) is 2.18. The average molecular weight is 347 g/mol. The van der Waals surface area contributed by atoms with E-state index < -0.39 is 0 Å². The number of nitrogens with zero attached hydrogens (tertiary/aromatic N) is 1. The van der Waals surface area contributed by atoms with E-state index in [1.165, 1.54) is 0 Å². The molecule has 25 heavy (non-hydrogen) atoms. The van der Waals surface area contributed by atoms with Gasteiger partial charge in [-0.15, -0.1) is 0 Å². The maximum atomic E-state index is 12.1. The van der Waals surface area contributed by atoms with Crippen molar-refractivity contribution in [1.29, 1.82) is 0 Å². The number of furan rings is 1. The minimum Gasteiger partial charge on any atom is -0.497 e. The number of carbonyl (C=O) groups excluding carboxylic acids is 1. The molecule has 0 saturated carbocycles. The summed E-state index contributed by atoms with van der Waals surface area (Å²) < 4.78 is 15.9. The number of methoxy groups -OCH3 is 2. The van der Waals surface area contributed by atoms with Crippen LogP contribution >= 0.6 is 0 Å². The SMILES string of the molecule is COc1ccc(CNC(=O)NCC(c2ccco2)N(C)C)c(OC)c1. The Morgan fingerprint density at radius 2 is 2.00 bits per heavy atom. The summed E-state index contributed by atoms with van der Waals surface area (Å²) in [7, 11) is 7.06. The van der Waals surface area contributed by atoms with Crippen molar-refractivity contribution in [3.8, 4) is 11.5 Å². The Labute approximate surface area is 147 Å². The molecule has 0 radical (unpaired) electrons. The second kappa shape index (κ2) is 8.98. The van der Waals surface area contributed by atoms with Gasteiger partial charge in [0, 0.05) is 24.7 Å². The Morgan fingerprint density at radius 3 is 2.60 bits per heavy atom. The number of likely N-dealkylation sites (N-methyl/N-ethyl adjacent to an activating group) is 1. The fourth-order valence-electron chi connectivity index (χ4n) is 2.44. The molecule has 2 N–H and O–H groups in total. The summed E-state index contributed by atoms with van der Waals surface area (Å²) in [6.45, 7) is 0.790. The van der Waals surface area contributed by atoms with Gasteiger partial charge in [-0.2, -0.15) is 0 Å². The van der Waals surface area contributed by atoms with Crippen molar-refractivity contribution >= 4 is 6.03 Å². The Morgan fingerprint density at radius 1 is 1.20 bits per heavy atom. The van der Waals surface area contributed by atoms with E-state index in [1.807, 2.05) is 43.3 Å². The third-order valence-electron chi connectivity index (χ3n) is 3.88. The van der Waals surface area contributed by atoms with Gasteiger partial charge in [-0.1, -0.05) is 0 Å². The van der Waals surface area contributed by atoms with Crippen LogP contribution in [0.4, 0.5) is 4.79 Å². The summed E-state index contributed by atoms with van der Waals surface area (Å²) in [6, 6.07) is 8.93. The zero-order valence-electron chi connectivity index (χ0n) is 15.0. The number of urea groups is 1. The zero-order chi connectivity index (χ0) is 18.2. The molecular formula is C18H25N3O4. The van der Waals surface area contributed by atoms with Crippen molar-refractivity contribution in [1.82, 2.24) is 15.5 Å². The smallest absolute Gasteiger partial charge is 0.315 e. The maximum Gasteiger partial charge on any atom is 0.315 e. The number of hydrogen-bond donors (Lipinski definition) is 2. The molecule has 0 bridgehead atoms. The van der Waals surface area contributed by atoms with Crippen LogP contribution < -0.4 is 20.1 Å². The third kappa shape index (κ3) is 5.15. The second-order valence-corrected chi connectivity index (χ2v) is 5.74. The zero-order valence-corrected chi connectivity index (χ0v) is 15.0. The van der Waals surface area contributed by atoms with Gasteiger partial charge in [0.25, 0.3) is 0 Å². The number of amides is 2. The van der Waals surface area contributed by atoms with Crippen molar-refractivity contribution in [3.05, 3.63) is 47.9 Å². The fourth-order valence-corrected chi connectivity index (χ4v) is 2.44. The van der Waals surface area contributed by atoms with Gasteiger partial charge in [-0.25, -0.2) is 4.79 Å². The minimum atomic E-state index is -0.253. The monoisotopic (exact) mass is 347 g/mol. The topological polar surface area (TPSA) is 76.0 Å². The van der Waals surface area contributed by atoms with E-state index in [1.54, 1.807) is 26.5 Å². The van der Waals surface area contributed by atoms with Gasteiger partial charge >= 0.3 is 6.03 Å². The normalized spacial score (nSPS) is 11.9. The highest BCUT2D eigenvalue weighted by Gasteiger charge is 2.17. The van der Waals surface area contributed by atoms with Gasteiger partial charge in [0.15, 0.2) is 0 Å². The molecule has 1 heterocycles. The van der Waals surface area contributed by atoms with Gasteiger partial charge in [0.1, 0.15) is 17.3 Å². The van der Waals surface area contributed by atoms with Gasteiger partial charge in [-0.05, 0) is 38.4 Å². The molecule has 7 nitrogen and oxygen atoms in total. The molecular weight excluding hydrogens is 322 g/mol. The third-order valence-corrected chi connectivity index (χ3v) is 3.88. The first-order chi connectivity index (χ1) is 12.0. The largest absolute Gasteiger partial charge is 0.497 e. The van der Waals surface area contributed by atoms with Crippen LogP contribution in [0, 0.1) is 0 Å². The predicted molar refractivity (Wildman–Crippen MR) is 94.9 cm³/mol. The van der Waals surface area contributed by atoms with Crippen LogP contribution in [0.3, 0.4) is 0 Å². The quantitative estimate of drug-likeness (QED) is 0.767. The molecule has 1 aromatic heterocycles. The summed E-state index contributed by atoms with van der Waals surface area (Å²) in [6.07, 6.45) is 1.63. The number of benzene rings is 1. The van der Waals surface area contributed by atoms with Crippen molar-refractivity contribution in [2.75, 3.05) is 34.9 Å². The molecule has 0 aliphatic rings. The number of carbonyl (C=O) groups is 1. The van der Waals surface area contributed by atoms with Crippen molar-refractivity contribution < 1.29 is 18.7 Å². The van der Waals surface area contributed by atoms with Crippen LogP contribution in [0.1, 0.15) is 17.4 Å².